The molecule has 51 heavy (non-hydrogen) atoms. The van der Waals surface area contributed by atoms with Crippen molar-refractivity contribution in [2.45, 2.75) is 85.7 Å². The SMILES string of the molecule is CN(Cc1ccc(-c2nnc(-c3nc(N4CC5C(C4)C5C(=O)O)cnc3N(C(=O)OC(C)(C)C)C(=O)OC(C)(C)C)o2)cc1)C(=O)OC(C)(C)C. The van der Waals surface area contributed by atoms with E-state index in [1.54, 1.807) is 81.5 Å². The number of hydrogen-bond donors (Lipinski definition) is 1. The summed E-state index contributed by atoms with van der Waals surface area (Å²) < 4.78 is 22.7. The van der Waals surface area contributed by atoms with Gasteiger partial charge >= 0.3 is 24.2 Å². The highest BCUT2D eigenvalue weighted by Crippen LogP contribution is 2.52. The molecule has 0 radical (unpaired) electrons. The number of piperidine rings is 1. The summed E-state index contributed by atoms with van der Waals surface area (Å²) in [6, 6.07) is 7.12. The molecule has 1 aromatic carbocycles. The van der Waals surface area contributed by atoms with Crippen LogP contribution in [-0.2, 0) is 25.5 Å². The van der Waals surface area contributed by atoms with Gasteiger partial charge in [0.2, 0.25) is 5.89 Å². The molecule has 2 atom stereocenters. The number of aliphatic carboxylic acids is 1. The molecule has 1 aliphatic heterocycles. The van der Waals surface area contributed by atoms with Crippen LogP contribution in [0.5, 0.6) is 0 Å². The Morgan fingerprint density at radius 1 is 0.824 bits per heavy atom. The molecule has 16 heteroatoms. The van der Waals surface area contributed by atoms with Crippen molar-refractivity contribution in [3.63, 3.8) is 0 Å². The standard InChI is InChI=1S/C35H45N7O9/c1-33(2,3)49-30(45)40(10)16-19-11-13-20(14-12-19)27-38-39-28(48-27)25-26(42(31(46)50-34(4,5)6)32(47)51-35(7,8)9)36-15-23(37-25)41-17-21-22(18-41)24(21)29(43)44/h11-15,21-22,24H,16-18H2,1-10H3,(H,43,44). The van der Waals surface area contributed by atoms with Gasteiger partial charge in [-0.1, -0.05) is 12.1 Å². The van der Waals surface area contributed by atoms with Crippen molar-refractivity contribution in [3.05, 3.63) is 36.0 Å². The Morgan fingerprint density at radius 2 is 1.33 bits per heavy atom. The molecule has 274 valence electrons. The minimum absolute atomic E-state index is 0.0191. The summed E-state index contributed by atoms with van der Waals surface area (Å²) in [4.78, 5) is 64.4. The average Bonchev–Trinajstić information content (AvgIpc) is 3.28. The average molecular weight is 708 g/mol. The summed E-state index contributed by atoms with van der Waals surface area (Å²) in [6.07, 6.45) is -1.17. The van der Waals surface area contributed by atoms with Crippen molar-refractivity contribution < 1.29 is 42.9 Å². The van der Waals surface area contributed by atoms with E-state index in [2.05, 4.69) is 15.2 Å². The summed E-state index contributed by atoms with van der Waals surface area (Å²) in [5.41, 5.74) is -1.29. The molecule has 2 unspecified atom stereocenters. The van der Waals surface area contributed by atoms with Gasteiger partial charge in [-0.25, -0.2) is 24.4 Å². The van der Waals surface area contributed by atoms with Gasteiger partial charge in [-0.05, 0) is 91.8 Å². The maximum atomic E-state index is 13.6. The molecule has 16 nitrogen and oxygen atoms in total. The van der Waals surface area contributed by atoms with Crippen molar-refractivity contribution in [2.75, 3.05) is 29.9 Å². The van der Waals surface area contributed by atoms with Crippen LogP contribution in [-0.4, -0.2) is 91.4 Å². The second-order valence-corrected chi connectivity index (χ2v) is 15.7. The Bertz CT molecular complexity index is 1770. The predicted molar refractivity (Wildman–Crippen MR) is 184 cm³/mol. The van der Waals surface area contributed by atoms with Crippen LogP contribution in [0.4, 0.5) is 26.0 Å². The number of amides is 3. The highest BCUT2D eigenvalue weighted by atomic mass is 16.6. The number of anilines is 2. The van der Waals surface area contributed by atoms with Crippen LogP contribution in [0.2, 0.25) is 0 Å². The molecule has 1 saturated carbocycles. The summed E-state index contributed by atoms with van der Waals surface area (Å²) in [6.45, 7) is 16.5. The van der Waals surface area contributed by atoms with Gasteiger partial charge in [0.05, 0.1) is 12.1 Å². The lowest BCUT2D eigenvalue weighted by molar-refractivity contribution is -0.139. The number of rotatable bonds is 7. The van der Waals surface area contributed by atoms with E-state index in [9.17, 15) is 24.3 Å². The maximum Gasteiger partial charge on any atom is 0.425 e. The van der Waals surface area contributed by atoms with Crippen molar-refractivity contribution in [1.29, 1.82) is 0 Å². The van der Waals surface area contributed by atoms with E-state index in [0.29, 0.717) is 35.9 Å². The molecule has 5 rings (SSSR count). The van der Waals surface area contributed by atoms with E-state index < -0.39 is 47.0 Å². The van der Waals surface area contributed by atoms with E-state index in [1.807, 2.05) is 17.0 Å². The van der Waals surface area contributed by atoms with Crippen molar-refractivity contribution >= 4 is 35.9 Å². The Balaban J connectivity index is 1.49. The second kappa shape index (κ2) is 13.5. The Kier molecular flexibility index (Phi) is 9.75. The normalized spacial score (nSPS) is 18.5. The molecule has 2 fully saturated rings. The Labute approximate surface area is 296 Å². The van der Waals surface area contributed by atoms with Crippen LogP contribution >= 0.6 is 0 Å². The first-order valence-corrected chi connectivity index (χ1v) is 16.6. The molecule has 1 saturated heterocycles. The fourth-order valence-electron chi connectivity index (χ4n) is 5.64. The Hall–Kier alpha value is -5.28. The summed E-state index contributed by atoms with van der Waals surface area (Å²) in [5.74, 6) is -1.17. The number of carboxylic acid groups (broad SMARTS) is 1. The molecule has 1 N–H and O–H groups in total. The van der Waals surface area contributed by atoms with Crippen LogP contribution in [0, 0.1) is 17.8 Å². The molecule has 1 aliphatic carbocycles. The second-order valence-electron chi connectivity index (χ2n) is 15.7. The zero-order chi connectivity index (χ0) is 37.6. The lowest BCUT2D eigenvalue weighted by Crippen LogP contribution is -2.44. The molecular weight excluding hydrogens is 662 g/mol. The summed E-state index contributed by atoms with van der Waals surface area (Å²) in [5, 5.41) is 17.9. The van der Waals surface area contributed by atoms with Gasteiger partial charge in [-0.3, -0.25) is 4.79 Å². The fraction of sp³-hybridized carbons (Fsp3) is 0.543. The largest absolute Gasteiger partial charge is 0.481 e. The van der Waals surface area contributed by atoms with Crippen LogP contribution in [0.25, 0.3) is 23.0 Å². The molecule has 2 aliphatic rings. The smallest absolute Gasteiger partial charge is 0.425 e. The molecule has 0 bridgehead atoms. The number of benzene rings is 1. The predicted octanol–water partition coefficient (Wildman–Crippen LogP) is 6.00. The molecule has 3 aromatic rings. The number of imide groups is 1. The van der Waals surface area contributed by atoms with Crippen LogP contribution in [0.3, 0.4) is 0 Å². The van der Waals surface area contributed by atoms with E-state index in [1.165, 1.54) is 11.1 Å². The quantitative estimate of drug-likeness (QED) is 0.281. The zero-order valence-corrected chi connectivity index (χ0v) is 30.6. The number of carbonyl (C=O) groups excluding carboxylic acids is 3. The molecular formula is C35H45N7O9. The van der Waals surface area contributed by atoms with Gasteiger partial charge in [0.1, 0.15) is 22.6 Å². The van der Waals surface area contributed by atoms with Gasteiger partial charge in [0.15, 0.2) is 11.5 Å². The third-order valence-electron chi connectivity index (χ3n) is 7.86. The first kappa shape index (κ1) is 37.0. The van der Waals surface area contributed by atoms with E-state index in [4.69, 9.17) is 23.6 Å². The number of aromatic nitrogens is 4. The van der Waals surface area contributed by atoms with Crippen LogP contribution < -0.4 is 9.80 Å². The highest BCUT2D eigenvalue weighted by Gasteiger charge is 2.60. The highest BCUT2D eigenvalue weighted by molar-refractivity contribution is 6.10. The number of hydrogen-bond acceptors (Lipinski definition) is 13. The van der Waals surface area contributed by atoms with Gasteiger partial charge < -0.3 is 33.5 Å². The maximum absolute atomic E-state index is 13.6. The number of ether oxygens (including phenoxy) is 3. The van der Waals surface area contributed by atoms with E-state index >= 15 is 0 Å². The Morgan fingerprint density at radius 3 is 1.84 bits per heavy atom. The fourth-order valence-corrected chi connectivity index (χ4v) is 5.64. The van der Waals surface area contributed by atoms with Gasteiger partial charge in [-0.15, -0.1) is 10.2 Å². The van der Waals surface area contributed by atoms with E-state index in [0.717, 1.165) is 5.56 Å². The molecule has 3 amide bonds. The number of carbonyl (C=O) groups is 4. The van der Waals surface area contributed by atoms with Gasteiger partial charge in [0, 0.05) is 32.2 Å². The lowest BCUT2D eigenvalue weighted by Gasteiger charge is -2.29. The first-order valence-electron chi connectivity index (χ1n) is 16.6. The van der Waals surface area contributed by atoms with E-state index in [-0.39, 0.29) is 35.1 Å². The number of carboxylic acids is 1. The molecule has 0 spiro atoms. The van der Waals surface area contributed by atoms with Gasteiger partial charge in [0.25, 0.3) is 5.89 Å². The molecule has 2 aromatic heterocycles. The molecule has 3 heterocycles. The topological polar surface area (TPSA) is 191 Å². The summed E-state index contributed by atoms with van der Waals surface area (Å²) >= 11 is 0. The van der Waals surface area contributed by atoms with Crippen molar-refractivity contribution in [3.8, 4) is 23.0 Å². The van der Waals surface area contributed by atoms with Gasteiger partial charge in [-0.2, -0.15) is 4.90 Å². The first-order chi connectivity index (χ1) is 23.6. The zero-order valence-electron chi connectivity index (χ0n) is 30.6. The summed E-state index contributed by atoms with van der Waals surface area (Å²) in [7, 11) is 1.65. The minimum Gasteiger partial charge on any atom is -0.481 e. The number of nitrogens with zero attached hydrogens (tertiary/aromatic N) is 7. The third-order valence-corrected chi connectivity index (χ3v) is 7.86. The third kappa shape index (κ3) is 8.91. The number of fused-ring (bicyclic) bond motifs is 1. The van der Waals surface area contributed by atoms with Crippen molar-refractivity contribution in [2.24, 2.45) is 17.8 Å². The van der Waals surface area contributed by atoms with Crippen LogP contribution in [0.1, 0.15) is 67.9 Å². The van der Waals surface area contributed by atoms with Crippen LogP contribution in [0.15, 0.2) is 34.9 Å². The minimum atomic E-state index is -1.06. The monoisotopic (exact) mass is 707 g/mol. The lowest BCUT2D eigenvalue weighted by atomic mass is 10.1. The van der Waals surface area contributed by atoms with Crippen molar-refractivity contribution in [1.82, 2.24) is 25.1 Å².